The maximum Gasteiger partial charge on any atom is 0.200 e. The average molecular weight is 573 g/mol. The summed E-state index contributed by atoms with van der Waals surface area (Å²) in [6, 6.07) is 0. The number of carbonyl (C=O) groups excluding carboxylic acids is 1. The van der Waals surface area contributed by atoms with Gasteiger partial charge in [0.25, 0.3) is 0 Å². The summed E-state index contributed by atoms with van der Waals surface area (Å²) in [5.74, 6) is -0.920. The van der Waals surface area contributed by atoms with E-state index >= 15 is 0 Å². The Balaban J connectivity index is 2.12. The van der Waals surface area contributed by atoms with E-state index in [0.29, 0.717) is 72.1 Å². The maximum absolute atomic E-state index is 12.9. The van der Waals surface area contributed by atoms with Gasteiger partial charge in [-0.2, -0.15) is 0 Å². The van der Waals surface area contributed by atoms with Crippen molar-refractivity contribution in [2.75, 3.05) is 13.2 Å². The lowest BCUT2D eigenvalue weighted by molar-refractivity contribution is -0.321. The first-order valence-corrected chi connectivity index (χ1v) is 19.6. The molecular formula is C30H60O6Si2. The van der Waals surface area contributed by atoms with Gasteiger partial charge in [0, 0.05) is 25.9 Å². The highest BCUT2D eigenvalue weighted by molar-refractivity contribution is 6.78. The average Bonchev–Trinajstić information content (AvgIpc) is 2.74. The molecule has 2 aliphatic heterocycles. The largest absolute Gasteiger partial charge is 0.416 e. The van der Waals surface area contributed by atoms with Crippen molar-refractivity contribution in [3.05, 3.63) is 0 Å². The summed E-state index contributed by atoms with van der Waals surface area (Å²) in [6.45, 7) is 28.4. The van der Waals surface area contributed by atoms with Crippen molar-refractivity contribution >= 4 is 22.4 Å². The highest BCUT2D eigenvalue weighted by Gasteiger charge is 2.51. The summed E-state index contributed by atoms with van der Waals surface area (Å²) in [5.41, 5.74) is 2.95. The van der Waals surface area contributed by atoms with E-state index in [1.165, 1.54) is 0 Å². The predicted octanol–water partition coefficient (Wildman–Crippen LogP) is 7.75. The van der Waals surface area contributed by atoms with Crippen LogP contribution < -0.4 is 0 Å². The van der Waals surface area contributed by atoms with Crippen LogP contribution in [0.4, 0.5) is 0 Å². The third-order valence-corrected chi connectivity index (χ3v) is 21.7. The molecule has 0 amide bonds. The molecule has 0 aromatic heterocycles. The molecule has 224 valence electrons. The summed E-state index contributed by atoms with van der Waals surface area (Å²) >= 11 is 0. The fourth-order valence-corrected chi connectivity index (χ4v) is 19.2. The van der Waals surface area contributed by atoms with Gasteiger partial charge in [0.1, 0.15) is 5.78 Å². The fraction of sp³-hybridized carbons (Fsp3) is 0.967. The van der Waals surface area contributed by atoms with Gasteiger partial charge in [-0.25, -0.2) is 0 Å². The van der Waals surface area contributed by atoms with Crippen molar-refractivity contribution in [2.45, 2.75) is 173 Å². The number of hydrogen-bond donors (Lipinski definition) is 1. The Morgan fingerprint density at radius 3 is 1.71 bits per heavy atom. The molecule has 0 bridgehead atoms. The number of hydrogen-bond acceptors (Lipinski definition) is 6. The lowest BCUT2D eigenvalue weighted by Gasteiger charge is -2.48. The summed E-state index contributed by atoms with van der Waals surface area (Å²) in [4.78, 5) is 12.9. The molecule has 4 atom stereocenters. The molecule has 0 aliphatic carbocycles. The van der Waals surface area contributed by atoms with Gasteiger partial charge in [-0.1, -0.05) is 83.1 Å². The van der Waals surface area contributed by atoms with Crippen LogP contribution in [0.25, 0.3) is 0 Å². The predicted molar refractivity (Wildman–Crippen MR) is 161 cm³/mol. The molecule has 0 radical (unpaired) electrons. The van der Waals surface area contributed by atoms with Gasteiger partial charge in [-0.15, -0.1) is 0 Å². The second-order valence-corrected chi connectivity index (χ2v) is 24.9. The highest BCUT2D eigenvalue weighted by atomic mass is 28.4. The SMILES string of the molecule is CC(C)[Si](OCC[C@@H]1CC(=O)C[C@@]2(C[C@@H](O)C[C@@H](CO[Si](C(C)C)(C(C)C)C(C)C)O2)O1)(C(C)C)C(C)C. The lowest BCUT2D eigenvalue weighted by atomic mass is 9.90. The number of ether oxygens (including phenoxy) is 2. The number of carbonyl (C=O) groups is 1. The van der Waals surface area contributed by atoms with Crippen LogP contribution in [0.2, 0.25) is 33.2 Å². The molecule has 8 heteroatoms. The van der Waals surface area contributed by atoms with E-state index in [4.69, 9.17) is 18.3 Å². The Bertz CT molecular complexity index is 709. The van der Waals surface area contributed by atoms with E-state index in [1.54, 1.807) is 0 Å². The topological polar surface area (TPSA) is 74.2 Å². The van der Waals surface area contributed by atoms with Gasteiger partial charge in [0.15, 0.2) is 22.4 Å². The van der Waals surface area contributed by atoms with Crippen LogP contribution in [0.15, 0.2) is 0 Å². The minimum absolute atomic E-state index is 0.144. The minimum Gasteiger partial charge on any atom is -0.416 e. The Hall–Kier alpha value is -0.0962. The molecule has 0 unspecified atom stereocenters. The van der Waals surface area contributed by atoms with Gasteiger partial charge in [-0.05, 0) is 39.7 Å². The molecular weight excluding hydrogens is 512 g/mol. The van der Waals surface area contributed by atoms with E-state index in [2.05, 4.69) is 83.1 Å². The van der Waals surface area contributed by atoms with Crippen LogP contribution in [-0.2, 0) is 23.1 Å². The first-order chi connectivity index (χ1) is 17.5. The number of ketones is 1. The molecule has 6 nitrogen and oxygen atoms in total. The monoisotopic (exact) mass is 572 g/mol. The van der Waals surface area contributed by atoms with Crippen LogP contribution in [0.3, 0.4) is 0 Å². The highest BCUT2D eigenvalue weighted by Crippen LogP contribution is 2.45. The van der Waals surface area contributed by atoms with E-state index in [1.807, 2.05) is 0 Å². The molecule has 2 rings (SSSR count). The third-order valence-electron chi connectivity index (χ3n) is 9.49. The van der Waals surface area contributed by atoms with Crippen molar-refractivity contribution in [1.29, 1.82) is 0 Å². The van der Waals surface area contributed by atoms with Crippen molar-refractivity contribution in [1.82, 2.24) is 0 Å². The molecule has 2 saturated heterocycles. The molecule has 2 fully saturated rings. The molecule has 2 heterocycles. The van der Waals surface area contributed by atoms with Gasteiger partial charge in [-0.3, -0.25) is 4.79 Å². The summed E-state index contributed by atoms with van der Waals surface area (Å²) in [7, 11) is -4.05. The van der Waals surface area contributed by atoms with Crippen molar-refractivity contribution < 1.29 is 28.2 Å². The molecule has 0 aromatic carbocycles. The third kappa shape index (κ3) is 7.40. The van der Waals surface area contributed by atoms with Gasteiger partial charge in [0.2, 0.25) is 0 Å². The van der Waals surface area contributed by atoms with E-state index in [-0.39, 0.29) is 24.4 Å². The molecule has 0 saturated carbocycles. The van der Waals surface area contributed by atoms with Crippen LogP contribution in [0.5, 0.6) is 0 Å². The molecule has 1 N–H and O–H groups in total. The Morgan fingerprint density at radius 1 is 0.789 bits per heavy atom. The number of aliphatic hydroxyl groups is 1. The van der Waals surface area contributed by atoms with Crippen LogP contribution in [0.1, 0.15) is 115 Å². The van der Waals surface area contributed by atoms with Crippen molar-refractivity contribution in [2.24, 2.45) is 0 Å². The van der Waals surface area contributed by atoms with Crippen LogP contribution in [-0.4, -0.2) is 64.8 Å². The second kappa shape index (κ2) is 13.7. The van der Waals surface area contributed by atoms with Crippen LogP contribution >= 0.6 is 0 Å². The first-order valence-electron chi connectivity index (χ1n) is 15.4. The Kier molecular flexibility index (Phi) is 12.3. The van der Waals surface area contributed by atoms with Crippen molar-refractivity contribution in [3.8, 4) is 0 Å². The molecule has 38 heavy (non-hydrogen) atoms. The fourth-order valence-electron chi connectivity index (χ4n) is 8.22. The van der Waals surface area contributed by atoms with Crippen LogP contribution in [0, 0.1) is 0 Å². The first kappa shape index (κ1) is 34.1. The summed E-state index contributed by atoms with van der Waals surface area (Å²) in [6.07, 6.45) is 0.976. The summed E-state index contributed by atoms with van der Waals surface area (Å²) in [5, 5.41) is 10.9. The molecule has 1 spiro atoms. The van der Waals surface area contributed by atoms with Gasteiger partial charge >= 0.3 is 0 Å². The zero-order valence-electron chi connectivity index (χ0n) is 26.6. The number of rotatable bonds is 13. The smallest absolute Gasteiger partial charge is 0.200 e. The quantitative estimate of drug-likeness (QED) is 0.228. The zero-order valence-corrected chi connectivity index (χ0v) is 28.6. The maximum atomic E-state index is 12.9. The lowest BCUT2D eigenvalue weighted by Crippen LogP contribution is -2.56. The Morgan fingerprint density at radius 2 is 1.24 bits per heavy atom. The number of aliphatic hydroxyl groups excluding tert-OH is 1. The van der Waals surface area contributed by atoms with Crippen molar-refractivity contribution in [3.63, 3.8) is 0 Å². The van der Waals surface area contributed by atoms with Gasteiger partial charge in [0.05, 0.1) is 31.3 Å². The molecule has 2 aliphatic rings. The number of Topliss-reactive ketones (excluding diaryl/α,β-unsaturated/α-hetero) is 1. The van der Waals surface area contributed by atoms with E-state index < -0.39 is 28.5 Å². The minimum atomic E-state index is -2.07. The normalized spacial score (nSPS) is 27.8. The summed E-state index contributed by atoms with van der Waals surface area (Å²) < 4.78 is 26.7. The Labute approximate surface area is 236 Å². The van der Waals surface area contributed by atoms with E-state index in [0.717, 1.165) is 0 Å². The van der Waals surface area contributed by atoms with Gasteiger partial charge < -0.3 is 23.4 Å². The zero-order chi connectivity index (χ0) is 29.1. The van der Waals surface area contributed by atoms with E-state index in [9.17, 15) is 9.90 Å². The second-order valence-electron chi connectivity index (χ2n) is 14.0. The molecule has 0 aromatic rings. The standard InChI is InChI=1S/C30H60O6Si2/c1-20(2)37(21(3)4,22(5)6)33-14-13-28-15-26(31)17-30(35-28)18-27(32)16-29(36-30)19-34-38(23(7)8,24(9)10)25(11)12/h20-25,27-29,32H,13-19H2,1-12H3/t27-,28+,29-,30+/m0/s1.